The zero-order valence-electron chi connectivity index (χ0n) is 12.5. The van der Waals surface area contributed by atoms with Gasteiger partial charge >= 0.3 is 0 Å². The van der Waals surface area contributed by atoms with E-state index in [4.69, 9.17) is 4.98 Å². The predicted octanol–water partition coefficient (Wildman–Crippen LogP) is 2.40. The molecule has 1 aliphatic rings. The second-order valence-electron chi connectivity index (χ2n) is 5.92. The fourth-order valence-corrected chi connectivity index (χ4v) is 5.47. The number of hydrogen-bond acceptors (Lipinski definition) is 2. The van der Waals surface area contributed by atoms with Gasteiger partial charge in [0.05, 0.1) is 15.2 Å². The molecule has 2 nitrogen and oxygen atoms in total. The molecule has 0 amide bonds. The summed E-state index contributed by atoms with van der Waals surface area (Å²) in [6.07, 6.45) is 1.80. The summed E-state index contributed by atoms with van der Waals surface area (Å²) in [7, 11) is -0.371. The third-order valence-corrected chi connectivity index (χ3v) is 6.53. The van der Waals surface area contributed by atoms with Gasteiger partial charge in [-0.25, -0.2) is 9.97 Å². The van der Waals surface area contributed by atoms with E-state index in [9.17, 15) is 0 Å². The molecule has 0 radical (unpaired) electrons. The predicted molar refractivity (Wildman–Crippen MR) is 98.2 cm³/mol. The van der Waals surface area contributed by atoms with Gasteiger partial charge in [0.15, 0.2) is 5.65 Å². The minimum atomic E-state index is -0.371. The van der Waals surface area contributed by atoms with E-state index in [1.165, 1.54) is 27.1 Å². The highest BCUT2D eigenvalue weighted by Crippen LogP contribution is 2.31. The summed E-state index contributed by atoms with van der Waals surface area (Å²) in [5, 5.41) is 4.14. The Morgan fingerprint density at radius 2 is 1.57 bits per heavy atom. The van der Waals surface area contributed by atoms with E-state index in [-0.39, 0.29) is 9.52 Å². The Labute approximate surface area is 136 Å². The van der Waals surface area contributed by atoms with E-state index >= 15 is 0 Å². The highest BCUT2D eigenvalue weighted by atomic mass is 28.2. The van der Waals surface area contributed by atoms with Gasteiger partial charge in [0.1, 0.15) is 0 Å². The fourth-order valence-electron chi connectivity index (χ4n) is 3.51. The highest BCUT2D eigenvalue weighted by Gasteiger charge is 2.22. The molecule has 0 unspecified atom stereocenters. The lowest BCUT2D eigenvalue weighted by molar-refractivity contribution is 1.29. The highest BCUT2D eigenvalue weighted by molar-refractivity contribution is 6.73. The van der Waals surface area contributed by atoms with Crippen LogP contribution in [-0.2, 0) is 0 Å². The standard InChI is InChI=1S/C20H14N2Si/c1-2-8-17-15(6-1)19-14(7-3-9-18(19)23-17)16-11-10-13-5-4-12-21-20(13)22-16/h1-12H,23H2. The average Bonchev–Trinajstić information content (AvgIpc) is 3.00. The van der Waals surface area contributed by atoms with Crippen LogP contribution in [0.3, 0.4) is 0 Å². The Bertz CT molecular complexity index is 1060. The summed E-state index contributed by atoms with van der Waals surface area (Å²) in [6.45, 7) is 0. The molecule has 0 N–H and O–H groups in total. The number of benzene rings is 2. The van der Waals surface area contributed by atoms with Gasteiger partial charge in [0, 0.05) is 17.1 Å². The van der Waals surface area contributed by atoms with Crippen LogP contribution in [0.4, 0.5) is 0 Å². The van der Waals surface area contributed by atoms with Gasteiger partial charge < -0.3 is 0 Å². The first-order valence-corrected chi connectivity index (χ1v) is 9.24. The normalized spacial score (nSPS) is 13.2. The number of rotatable bonds is 1. The minimum Gasteiger partial charge on any atom is -0.237 e. The molecule has 108 valence electrons. The molecule has 2 aromatic carbocycles. The molecule has 0 atom stereocenters. The van der Waals surface area contributed by atoms with Crippen molar-refractivity contribution in [1.82, 2.24) is 9.97 Å². The van der Waals surface area contributed by atoms with Gasteiger partial charge in [0.25, 0.3) is 0 Å². The summed E-state index contributed by atoms with van der Waals surface area (Å²) < 4.78 is 0. The largest absolute Gasteiger partial charge is 0.237 e. The van der Waals surface area contributed by atoms with Crippen molar-refractivity contribution >= 4 is 30.9 Å². The maximum Gasteiger partial charge on any atom is 0.159 e. The maximum absolute atomic E-state index is 4.80. The van der Waals surface area contributed by atoms with Crippen molar-refractivity contribution in [2.75, 3.05) is 0 Å². The van der Waals surface area contributed by atoms with Gasteiger partial charge in [-0.1, -0.05) is 52.8 Å². The second kappa shape index (κ2) is 4.86. The fraction of sp³-hybridized carbons (Fsp3) is 0. The van der Waals surface area contributed by atoms with Crippen molar-refractivity contribution in [2.24, 2.45) is 0 Å². The molecular weight excluding hydrogens is 296 g/mol. The molecule has 23 heavy (non-hydrogen) atoms. The Kier molecular flexibility index (Phi) is 2.69. The molecule has 1 aliphatic heterocycles. The van der Waals surface area contributed by atoms with Gasteiger partial charge in [-0.2, -0.15) is 0 Å². The lowest BCUT2D eigenvalue weighted by Gasteiger charge is -2.10. The van der Waals surface area contributed by atoms with Crippen LogP contribution < -0.4 is 10.4 Å². The van der Waals surface area contributed by atoms with Crippen molar-refractivity contribution in [3.05, 3.63) is 72.9 Å². The summed E-state index contributed by atoms with van der Waals surface area (Å²) >= 11 is 0. The van der Waals surface area contributed by atoms with E-state index in [2.05, 4.69) is 65.6 Å². The lowest BCUT2D eigenvalue weighted by Crippen LogP contribution is -2.20. The topological polar surface area (TPSA) is 25.8 Å². The minimum absolute atomic E-state index is 0.371. The van der Waals surface area contributed by atoms with Crippen molar-refractivity contribution in [1.29, 1.82) is 0 Å². The smallest absolute Gasteiger partial charge is 0.159 e. The van der Waals surface area contributed by atoms with E-state index in [1.54, 1.807) is 6.20 Å². The first-order valence-electron chi connectivity index (χ1n) is 7.82. The first-order chi connectivity index (χ1) is 11.4. The van der Waals surface area contributed by atoms with Crippen LogP contribution in [0.15, 0.2) is 72.9 Å². The van der Waals surface area contributed by atoms with Crippen LogP contribution in [0.2, 0.25) is 0 Å². The molecule has 0 saturated carbocycles. The van der Waals surface area contributed by atoms with E-state index in [1.807, 2.05) is 6.07 Å². The summed E-state index contributed by atoms with van der Waals surface area (Å²) in [5.41, 5.74) is 5.84. The molecular formula is C20H14N2Si. The maximum atomic E-state index is 4.80. The van der Waals surface area contributed by atoms with Gasteiger partial charge in [0.2, 0.25) is 0 Å². The number of aromatic nitrogens is 2. The molecule has 0 saturated heterocycles. The third kappa shape index (κ3) is 1.94. The molecule has 0 bridgehead atoms. The zero-order valence-corrected chi connectivity index (χ0v) is 13.9. The van der Waals surface area contributed by atoms with Gasteiger partial charge in [-0.3, -0.25) is 0 Å². The van der Waals surface area contributed by atoms with Crippen LogP contribution in [0, 0.1) is 0 Å². The third-order valence-electron chi connectivity index (χ3n) is 4.56. The molecule has 5 rings (SSSR count). The van der Waals surface area contributed by atoms with Crippen LogP contribution >= 0.6 is 0 Å². The van der Waals surface area contributed by atoms with E-state index in [0.717, 1.165) is 16.7 Å². The summed E-state index contributed by atoms with van der Waals surface area (Å²) in [4.78, 5) is 9.20. The number of fused-ring (bicyclic) bond motifs is 4. The van der Waals surface area contributed by atoms with Crippen LogP contribution in [0.5, 0.6) is 0 Å². The van der Waals surface area contributed by atoms with Crippen molar-refractivity contribution in [3.8, 4) is 22.4 Å². The Morgan fingerprint density at radius 3 is 2.57 bits per heavy atom. The quantitative estimate of drug-likeness (QED) is 0.444. The Morgan fingerprint density at radius 1 is 0.696 bits per heavy atom. The molecule has 2 aromatic heterocycles. The van der Waals surface area contributed by atoms with Crippen LogP contribution in [0.1, 0.15) is 0 Å². The van der Waals surface area contributed by atoms with Gasteiger partial charge in [-0.15, -0.1) is 0 Å². The van der Waals surface area contributed by atoms with Crippen LogP contribution in [0.25, 0.3) is 33.4 Å². The summed E-state index contributed by atoms with van der Waals surface area (Å²) in [5.74, 6) is 0. The molecule has 0 aliphatic carbocycles. The number of nitrogens with zero attached hydrogens (tertiary/aromatic N) is 2. The molecule has 3 heterocycles. The van der Waals surface area contributed by atoms with E-state index in [0.29, 0.717) is 0 Å². The Hall–Kier alpha value is -2.78. The first kappa shape index (κ1) is 12.7. The Balaban J connectivity index is 1.78. The second-order valence-corrected chi connectivity index (χ2v) is 7.80. The van der Waals surface area contributed by atoms with Crippen molar-refractivity contribution in [2.45, 2.75) is 0 Å². The SMILES string of the molecule is c1ccc2c(c1)[SiH2]c1cccc(-c3ccc4cccnc4n3)c1-2. The van der Waals surface area contributed by atoms with E-state index < -0.39 is 0 Å². The monoisotopic (exact) mass is 310 g/mol. The van der Waals surface area contributed by atoms with Crippen LogP contribution in [-0.4, -0.2) is 19.5 Å². The van der Waals surface area contributed by atoms with Crippen molar-refractivity contribution in [3.63, 3.8) is 0 Å². The van der Waals surface area contributed by atoms with Gasteiger partial charge in [-0.05, 0) is 35.4 Å². The summed E-state index contributed by atoms with van der Waals surface area (Å²) in [6, 6.07) is 23.7. The molecule has 0 spiro atoms. The number of hydrogen-bond donors (Lipinski definition) is 0. The van der Waals surface area contributed by atoms with Crippen molar-refractivity contribution < 1.29 is 0 Å². The molecule has 3 heteroatoms. The zero-order chi connectivity index (χ0) is 15.2. The number of pyridine rings is 2. The molecule has 0 fully saturated rings. The average molecular weight is 310 g/mol. The molecule has 4 aromatic rings. The lowest BCUT2D eigenvalue weighted by atomic mass is 9.97.